The van der Waals surface area contributed by atoms with Gasteiger partial charge in [-0.15, -0.1) is 0 Å². The van der Waals surface area contributed by atoms with Crippen molar-refractivity contribution in [3.05, 3.63) is 70.3 Å². The Kier molecular flexibility index (Phi) is 4.54. The summed E-state index contributed by atoms with van der Waals surface area (Å²) in [6.45, 7) is 4.59. The Bertz CT molecular complexity index is 1160. The first-order valence-corrected chi connectivity index (χ1v) is 9.17. The van der Waals surface area contributed by atoms with E-state index in [-0.39, 0.29) is 5.91 Å². The van der Waals surface area contributed by atoms with Gasteiger partial charge in [-0.05, 0) is 49.6 Å². The van der Waals surface area contributed by atoms with E-state index in [1.807, 2.05) is 31.2 Å². The van der Waals surface area contributed by atoms with Crippen LogP contribution in [0.3, 0.4) is 0 Å². The minimum Gasteiger partial charge on any atom is -0.358 e. The van der Waals surface area contributed by atoms with E-state index in [0.29, 0.717) is 24.0 Å². The second-order valence-electron chi connectivity index (χ2n) is 6.61. The number of benzene rings is 1. The van der Waals surface area contributed by atoms with Gasteiger partial charge in [0.25, 0.3) is 5.91 Å². The average molecular weight is 379 g/mol. The van der Waals surface area contributed by atoms with Crippen molar-refractivity contribution in [1.29, 1.82) is 0 Å². The van der Waals surface area contributed by atoms with Gasteiger partial charge in [0.15, 0.2) is 0 Å². The zero-order valence-corrected chi connectivity index (χ0v) is 15.9. The lowest BCUT2D eigenvalue weighted by molar-refractivity contribution is 0.0955. The van der Waals surface area contributed by atoms with Crippen LogP contribution in [0.1, 0.15) is 27.2 Å². The number of pyridine rings is 2. The van der Waals surface area contributed by atoms with Crippen molar-refractivity contribution in [2.75, 3.05) is 6.54 Å². The molecule has 1 aromatic carbocycles. The number of fused-ring (bicyclic) bond motifs is 2. The molecule has 0 aliphatic heterocycles. The molecule has 4 rings (SSSR count). The zero-order valence-electron chi connectivity index (χ0n) is 15.1. The van der Waals surface area contributed by atoms with Crippen molar-refractivity contribution in [3.8, 4) is 0 Å². The Morgan fingerprint density at radius 2 is 2.07 bits per heavy atom. The van der Waals surface area contributed by atoms with E-state index in [1.54, 1.807) is 18.6 Å². The van der Waals surface area contributed by atoms with E-state index in [1.165, 1.54) is 0 Å². The predicted octanol–water partition coefficient (Wildman–Crippen LogP) is 4.35. The summed E-state index contributed by atoms with van der Waals surface area (Å²) in [6.07, 6.45) is 5.63. The summed E-state index contributed by atoms with van der Waals surface area (Å²) in [5, 5.41) is 5.59. The Morgan fingerprint density at radius 1 is 1.22 bits per heavy atom. The number of nitrogens with one attached hydrogen (secondary N) is 2. The number of hydrogen-bond acceptors (Lipinski definition) is 3. The Labute approximate surface area is 161 Å². The second kappa shape index (κ2) is 7.00. The van der Waals surface area contributed by atoms with Crippen LogP contribution in [0.5, 0.6) is 0 Å². The molecule has 0 unspecified atom stereocenters. The number of H-pyrrole nitrogens is 1. The molecule has 0 saturated heterocycles. The van der Waals surface area contributed by atoms with Gasteiger partial charge >= 0.3 is 0 Å². The van der Waals surface area contributed by atoms with E-state index in [9.17, 15) is 4.79 Å². The Morgan fingerprint density at radius 3 is 2.93 bits per heavy atom. The van der Waals surface area contributed by atoms with Crippen LogP contribution in [-0.2, 0) is 6.42 Å². The highest BCUT2D eigenvalue weighted by Crippen LogP contribution is 2.31. The molecule has 0 bridgehead atoms. The molecule has 0 spiro atoms. The SMILES string of the molecule is Cc1[nH]c2c(C)ccc(Cl)c2c1CCNC(=O)c1cncc2cccnc12. The van der Waals surface area contributed by atoms with Gasteiger partial charge in [-0.1, -0.05) is 17.7 Å². The lowest BCUT2D eigenvalue weighted by atomic mass is 10.1. The van der Waals surface area contributed by atoms with Crippen LogP contribution >= 0.6 is 11.6 Å². The summed E-state index contributed by atoms with van der Waals surface area (Å²) in [7, 11) is 0. The molecule has 2 N–H and O–H groups in total. The molecule has 3 aromatic heterocycles. The van der Waals surface area contributed by atoms with Crippen LogP contribution in [0.25, 0.3) is 21.8 Å². The highest BCUT2D eigenvalue weighted by atomic mass is 35.5. The maximum absolute atomic E-state index is 12.6. The minimum absolute atomic E-state index is 0.174. The molecule has 0 radical (unpaired) electrons. The van der Waals surface area contributed by atoms with Crippen LogP contribution < -0.4 is 5.32 Å². The smallest absolute Gasteiger partial charge is 0.255 e. The number of nitrogens with zero attached hydrogens (tertiary/aromatic N) is 2. The largest absolute Gasteiger partial charge is 0.358 e. The van der Waals surface area contributed by atoms with Crippen molar-refractivity contribution in [1.82, 2.24) is 20.3 Å². The van der Waals surface area contributed by atoms with Crippen molar-refractivity contribution in [2.45, 2.75) is 20.3 Å². The molecule has 136 valence electrons. The van der Waals surface area contributed by atoms with Crippen molar-refractivity contribution in [3.63, 3.8) is 0 Å². The Hall–Kier alpha value is -2.92. The van der Waals surface area contributed by atoms with Gasteiger partial charge in [-0.25, -0.2) is 0 Å². The number of carbonyl (C=O) groups is 1. The molecule has 0 saturated carbocycles. The summed E-state index contributed by atoms with van der Waals surface area (Å²) in [5.41, 5.74) is 5.56. The van der Waals surface area contributed by atoms with E-state index < -0.39 is 0 Å². The highest BCUT2D eigenvalue weighted by molar-refractivity contribution is 6.35. The van der Waals surface area contributed by atoms with Crippen LogP contribution in [-0.4, -0.2) is 27.4 Å². The molecular weight excluding hydrogens is 360 g/mol. The topological polar surface area (TPSA) is 70.7 Å². The third-order valence-electron chi connectivity index (χ3n) is 4.85. The fraction of sp³-hybridized carbons (Fsp3) is 0.190. The summed E-state index contributed by atoms with van der Waals surface area (Å²) >= 11 is 6.43. The van der Waals surface area contributed by atoms with Gasteiger partial charge < -0.3 is 10.3 Å². The molecule has 3 heterocycles. The van der Waals surface area contributed by atoms with E-state index in [0.717, 1.165) is 38.1 Å². The molecule has 0 atom stereocenters. The van der Waals surface area contributed by atoms with Crippen molar-refractivity contribution < 1.29 is 4.79 Å². The van der Waals surface area contributed by atoms with E-state index >= 15 is 0 Å². The van der Waals surface area contributed by atoms with Crippen LogP contribution in [0.15, 0.2) is 42.9 Å². The van der Waals surface area contributed by atoms with Gasteiger partial charge in [-0.3, -0.25) is 14.8 Å². The van der Waals surface area contributed by atoms with Gasteiger partial charge in [0, 0.05) is 41.6 Å². The second-order valence-corrected chi connectivity index (χ2v) is 7.02. The molecule has 6 heteroatoms. The fourth-order valence-electron chi connectivity index (χ4n) is 3.46. The number of halogens is 1. The maximum atomic E-state index is 12.6. The Balaban J connectivity index is 1.55. The highest BCUT2D eigenvalue weighted by Gasteiger charge is 2.15. The molecule has 1 amide bonds. The summed E-state index contributed by atoms with van der Waals surface area (Å²) in [4.78, 5) is 24.5. The number of hydrogen-bond donors (Lipinski definition) is 2. The zero-order chi connectivity index (χ0) is 19.0. The normalized spacial score (nSPS) is 11.2. The molecule has 0 fully saturated rings. The van der Waals surface area contributed by atoms with E-state index in [4.69, 9.17) is 11.6 Å². The summed E-state index contributed by atoms with van der Waals surface area (Å²) < 4.78 is 0. The van der Waals surface area contributed by atoms with Crippen molar-refractivity contribution in [2.24, 2.45) is 0 Å². The number of amides is 1. The molecule has 0 aliphatic carbocycles. The lowest BCUT2D eigenvalue weighted by Gasteiger charge is -2.08. The third-order valence-corrected chi connectivity index (χ3v) is 5.16. The molecule has 5 nitrogen and oxygen atoms in total. The molecule has 4 aromatic rings. The monoisotopic (exact) mass is 378 g/mol. The quantitative estimate of drug-likeness (QED) is 0.554. The predicted molar refractivity (Wildman–Crippen MR) is 108 cm³/mol. The number of aromatic amines is 1. The van der Waals surface area contributed by atoms with Crippen molar-refractivity contribution >= 4 is 39.3 Å². The standard InChI is InChI=1S/C21H19ClN4O/c1-12-5-6-17(22)18-15(13(2)26-19(12)18)7-9-25-21(27)16-11-23-10-14-4-3-8-24-20(14)16/h3-6,8,10-11,26H,7,9H2,1-2H3,(H,25,27). The van der Waals surface area contributed by atoms with Gasteiger partial charge in [0.2, 0.25) is 0 Å². The molecular formula is C21H19ClN4O. The molecule has 27 heavy (non-hydrogen) atoms. The van der Waals surface area contributed by atoms with Crippen LogP contribution in [0, 0.1) is 13.8 Å². The van der Waals surface area contributed by atoms with Gasteiger partial charge in [-0.2, -0.15) is 0 Å². The van der Waals surface area contributed by atoms with Crippen LogP contribution in [0.4, 0.5) is 0 Å². The van der Waals surface area contributed by atoms with Crippen LogP contribution in [0.2, 0.25) is 5.02 Å². The van der Waals surface area contributed by atoms with E-state index in [2.05, 4.69) is 27.2 Å². The average Bonchev–Trinajstić information content (AvgIpc) is 3.02. The number of aromatic nitrogens is 3. The first-order chi connectivity index (χ1) is 13.1. The number of aryl methyl sites for hydroxylation is 2. The number of rotatable bonds is 4. The lowest BCUT2D eigenvalue weighted by Crippen LogP contribution is -2.26. The number of carbonyl (C=O) groups excluding carboxylic acids is 1. The first-order valence-electron chi connectivity index (χ1n) is 8.79. The van der Waals surface area contributed by atoms with Gasteiger partial charge in [0.05, 0.1) is 21.6 Å². The third kappa shape index (κ3) is 3.15. The fourth-order valence-corrected chi connectivity index (χ4v) is 3.73. The summed E-state index contributed by atoms with van der Waals surface area (Å²) in [6, 6.07) is 7.65. The minimum atomic E-state index is -0.174. The molecule has 0 aliphatic rings. The van der Waals surface area contributed by atoms with Gasteiger partial charge in [0.1, 0.15) is 0 Å². The summed E-state index contributed by atoms with van der Waals surface area (Å²) in [5.74, 6) is -0.174. The maximum Gasteiger partial charge on any atom is 0.255 e. The first kappa shape index (κ1) is 17.5.